The van der Waals surface area contributed by atoms with Gasteiger partial charge in [0, 0.05) is 19.0 Å². The largest absolute Gasteiger partial charge is 0.347 e. The third-order valence-electron chi connectivity index (χ3n) is 4.72. The third kappa shape index (κ3) is 3.17. The highest BCUT2D eigenvalue weighted by Crippen LogP contribution is 2.38. The molecule has 128 valence electrons. The number of amides is 2. The summed E-state index contributed by atoms with van der Waals surface area (Å²) in [6.07, 6.45) is 4.73. The molecule has 1 aliphatic carbocycles. The SMILES string of the molecule is CN(C)C(=O)[C@H]1CCCN1CC(=O)Nc1sc2c(c1C#N)CCC2. The van der Waals surface area contributed by atoms with E-state index < -0.39 is 0 Å². The Morgan fingerprint density at radius 2 is 2.17 bits per heavy atom. The van der Waals surface area contributed by atoms with Gasteiger partial charge in [0.15, 0.2) is 0 Å². The van der Waals surface area contributed by atoms with Gasteiger partial charge in [-0.2, -0.15) is 5.26 Å². The topological polar surface area (TPSA) is 76.4 Å². The number of anilines is 1. The first kappa shape index (κ1) is 16.9. The van der Waals surface area contributed by atoms with E-state index in [1.807, 2.05) is 4.90 Å². The van der Waals surface area contributed by atoms with E-state index in [0.717, 1.165) is 44.2 Å². The molecule has 2 heterocycles. The maximum Gasteiger partial charge on any atom is 0.239 e. The molecule has 0 spiro atoms. The lowest BCUT2D eigenvalue weighted by molar-refractivity contribution is -0.133. The van der Waals surface area contributed by atoms with Crippen LogP contribution in [0.25, 0.3) is 0 Å². The number of fused-ring (bicyclic) bond motifs is 1. The summed E-state index contributed by atoms with van der Waals surface area (Å²) in [4.78, 5) is 29.4. The molecule has 0 unspecified atom stereocenters. The second-order valence-corrected chi connectivity index (χ2v) is 7.69. The smallest absolute Gasteiger partial charge is 0.239 e. The fourth-order valence-electron chi connectivity index (χ4n) is 3.55. The average molecular weight is 346 g/mol. The lowest BCUT2D eigenvalue weighted by Crippen LogP contribution is -2.45. The van der Waals surface area contributed by atoms with Crippen molar-refractivity contribution >= 4 is 28.2 Å². The molecule has 1 saturated heterocycles. The highest BCUT2D eigenvalue weighted by molar-refractivity contribution is 7.16. The van der Waals surface area contributed by atoms with E-state index >= 15 is 0 Å². The third-order valence-corrected chi connectivity index (χ3v) is 5.93. The Bertz CT molecular complexity index is 704. The maximum atomic E-state index is 12.4. The van der Waals surface area contributed by atoms with Crippen LogP contribution in [0.1, 0.15) is 35.3 Å². The minimum atomic E-state index is -0.213. The molecule has 1 atom stereocenters. The molecule has 1 fully saturated rings. The number of carbonyl (C=O) groups excluding carboxylic acids is 2. The molecular weight excluding hydrogens is 324 g/mol. The van der Waals surface area contributed by atoms with E-state index in [-0.39, 0.29) is 24.4 Å². The molecule has 2 amide bonds. The van der Waals surface area contributed by atoms with Crippen LogP contribution in [0, 0.1) is 11.3 Å². The van der Waals surface area contributed by atoms with Crippen molar-refractivity contribution in [3.8, 4) is 6.07 Å². The molecule has 7 heteroatoms. The summed E-state index contributed by atoms with van der Waals surface area (Å²) in [5, 5.41) is 13.0. The highest BCUT2D eigenvalue weighted by atomic mass is 32.1. The Labute approximate surface area is 146 Å². The van der Waals surface area contributed by atoms with Gasteiger partial charge in [0.05, 0.1) is 18.2 Å². The van der Waals surface area contributed by atoms with Gasteiger partial charge in [-0.1, -0.05) is 0 Å². The van der Waals surface area contributed by atoms with Crippen LogP contribution in [0.15, 0.2) is 0 Å². The predicted octanol–water partition coefficient (Wildman–Crippen LogP) is 1.60. The number of aryl methyl sites for hydroxylation is 1. The van der Waals surface area contributed by atoms with Gasteiger partial charge in [0.25, 0.3) is 0 Å². The maximum absolute atomic E-state index is 12.4. The number of hydrogen-bond acceptors (Lipinski definition) is 5. The van der Waals surface area contributed by atoms with Crippen molar-refractivity contribution < 1.29 is 9.59 Å². The summed E-state index contributed by atoms with van der Waals surface area (Å²) < 4.78 is 0. The zero-order chi connectivity index (χ0) is 17.3. The minimum absolute atomic E-state index is 0.0492. The zero-order valence-corrected chi connectivity index (χ0v) is 14.9. The first-order valence-corrected chi connectivity index (χ1v) is 9.12. The normalized spacial score (nSPS) is 19.8. The van der Waals surface area contributed by atoms with Crippen LogP contribution >= 0.6 is 11.3 Å². The molecule has 1 aliphatic heterocycles. The standard InChI is InChI=1S/C17H22N4O2S/c1-20(2)17(23)13-6-4-8-21(13)10-15(22)19-16-12(9-18)11-5-3-7-14(11)24-16/h13H,3-8,10H2,1-2H3,(H,19,22)/t13-/m1/s1. The van der Waals surface area contributed by atoms with Crippen LogP contribution in [0.5, 0.6) is 0 Å². The average Bonchev–Trinajstić information content (AvgIpc) is 3.22. The quantitative estimate of drug-likeness (QED) is 0.898. The van der Waals surface area contributed by atoms with E-state index in [4.69, 9.17) is 0 Å². The zero-order valence-electron chi connectivity index (χ0n) is 14.1. The monoisotopic (exact) mass is 346 g/mol. The molecule has 0 radical (unpaired) electrons. The fraction of sp³-hybridized carbons (Fsp3) is 0.588. The Balaban J connectivity index is 1.66. The van der Waals surface area contributed by atoms with Gasteiger partial charge in [-0.25, -0.2) is 0 Å². The summed E-state index contributed by atoms with van der Waals surface area (Å²) in [6.45, 7) is 0.946. The second kappa shape index (κ2) is 6.91. The number of nitrogens with zero attached hydrogens (tertiary/aromatic N) is 3. The molecule has 3 rings (SSSR count). The van der Waals surface area contributed by atoms with Gasteiger partial charge >= 0.3 is 0 Å². The Morgan fingerprint density at radius 3 is 2.88 bits per heavy atom. The predicted molar refractivity (Wildman–Crippen MR) is 93.0 cm³/mol. The van der Waals surface area contributed by atoms with E-state index in [2.05, 4.69) is 11.4 Å². The lowest BCUT2D eigenvalue weighted by Gasteiger charge is -2.25. The number of likely N-dealkylation sites (tertiary alicyclic amines) is 1. The van der Waals surface area contributed by atoms with Crippen molar-refractivity contribution in [3.05, 3.63) is 16.0 Å². The van der Waals surface area contributed by atoms with Crippen LogP contribution in [-0.4, -0.2) is 54.8 Å². The number of nitriles is 1. The van der Waals surface area contributed by atoms with E-state index in [1.165, 1.54) is 16.2 Å². The van der Waals surface area contributed by atoms with Crippen LogP contribution in [0.4, 0.5) is 5.00 Å². The molecule has 2 aliphatic rings. The number of hydrogen-bond donors (Lipinski definition) is 1. The molecule has 6 nitrogen and oxygen atoms in total. The molecule has 1 N–H and O–H groups in total. The van der Waals surface area contributed by atoms with Gasteiger partial charge < -0.3 is 10.2 Å². The summed E-state index contributed by atoms with van der Waals surface area (Å²) in [6, 6.07) is 2.02. The molecular formula is C17H22N4O2S. The van der Waals surface area contributed by atoms with Gasteiger partial charge in [0.1, 0.15) is 11.1 Å². The van der Waals surface area contributed by atoms with Crippen molar-refractivity contribution in [2.45, 2.75) is 38.1 Å². The molecule has 24 heavy (non-hydrogen) atoms. The Morgan fingerprint density at radius 1 is 1.38 bits per heavy atom. The fourth-order valence-corrected chi connectivity index (χ4v) is 4.81. The first-order chi connectivity index (χ1) is 11.5. The number of likely N-dealkylation sites (N-methyl/N-ethyl adjacent to an activating group) is 1. The molecule has 0 bridgehead atoms. The van der Waals surface area contributed by atoms with Crippen molar-refractivity contribution in [1.82, 2.24) is 9.80 Å². The van der Waals surface area contributed by atoms with E-state index in [1.54, 1.807) is 19.0 Å². The van der Waals surface area contributed by atoms with Crippen LogP contribution in [-0.2, 0) is 22.4 Å². The Kier molecular flexibility index (Phi) is 4.88. The number of thiophene rings is 1. The van der Waals surface area contributed by atoms with Crippen LogP contribution in [0.3, 0.4) is 0 Å². The van der Waals surface area contributed by atoms with Crippen LogP contribution in [0.2, 0.25) is 0 Å². The van der Waals surface area contributed by atoms with E-state index in [9.17, 15) is 14.9 Å². The summed E-state index contributed by atoms with van der Waals surface area (Å²) in [5.74, 6) is -0.0991. The van der Waals surface area contributed by atoms with Gasteiger partial charge in [0.2, 0.25) is 11.8 Å². The van der Waals surface area contributed by atoms with E-state index in [0.29, 0.717) is 10.6 Å². The summed E-state index contributed by atoms with van der Waals surface area (Å²) in [5.41, 5.74) is 1.74. The number of rotatable bonds is 4. The molecule has 0 saturated carbocycles. The van der Waals surface area contributed by atoms with Crippen LogP contribution < -0.4 is 5.32 Å². The summed E-state index contributed by atoms with van der Waals surface area (Å²) in [7, 11) is 3.48. The lowest BCUT2D eigenvalue weighted by atomic mass is 10.1. The highest BCUT2D eigenvalue weighted by Gasteiger charge is 2.33. The van der Waals surface area contributed by atoms with Gasteiger partial charge in [-0.3, -0.25) is 14.5 Å². The molecule has 1 aromatic rings. The minimum Gasteiger partial charge on any atom is -0.347 e. The van der Waals surface area contributed by atoms with Crippen molar-refractivity contribution in [1.29, 1.82) is 5.26 Å². The molecule has 0 aromatic carbocycles. The summed E-state index contributed by atoms with van der Waals surface area (Å²) >= 11 is 1.52. The second-order valence-electron chi connectivity index (χ2n) is 6.58. The molecule has 1 aromatic heterocycles. The van der Waals surface area contributed by atoms with Gasteiger partial charge in [-0.05, 0) is 44.2 Å². The van der Waals surface area contributed by atoms with Gasteiger partial charge in [-0.15, -0.1) is 11.3 Å². The first-order valence-electron chi connectivity index (χ1n) is 8.31. The number of nitrogens with one attached hydrogen (secondary N) is 1. The van der Waals surface area contributed by atoms with Crippen molar-refractivity contribution in [3.63, 3.8) is 0 Å². The van der Waals surface area contributed by atoms with Crippen molar-refractivity contribution in [2.24, 2.45) is 0 Å². The van der Waals surface area contributed by atoms with Crippen molar-refractivity contribution in [2.75, 3.05) is 32.5 Å². The Hall–Kier alpha value is -1.91. The number of carbonyl (C=O) groups is 2.